The van der Waals surface area contributed by atoms with Gasteiger partial charge in [-0.15, -0.1) is 0 Å². The molecular formula is C14H21N. The Morgan fingerprint density at radius 3 is 2.40 bits per heavy atom. The smallest absolute Gasteiger partial charge is 0.00416 e. The summed E-state index contributed by atoms with van der Waals surface area (Å²) in [5.74, 6) is 0.819. The Morgan fingerprint density at radius 2 is 1.87 bits per heavy atom. The molecule has 1 aliphatic carbocycles. The minimum atomic E-state index is 0.458. The summed E-state index contributed by atoms with van der Waals surface area (Å²) in [5.41, 5.74) is 10.4. The summed E-state index contributed by atoms with van der Waals surface area (Å²) in [4.78, 5) is 0. The van der Waals surface area contributed by atoms with Crippen molar-refractivity contribution in [2.24, 2.45) is 11.7 Å². The Morgan fingerprint density at radius 1 is 1.20 bits per heavy atom. The van der Waals surface area contributed by atoms with Crippen molar-refractivity contribution in [2.45, 2.75) is 45.6 Å². The van der Waals surface area contributed by atoms with E-state index in [1.165, 1.54) is 36.8 Å². The maximum Gasteiger partial charge on any atom is 0.00416 e. The lowest BCUT2D eigenvalue weighted by molar-refractivity contribution is 0.532. The largest absolute Gasteiger partial charge is 0.328 e. The lowest BCUT2D eigenvalue weighted by Gasteiger charge is -2.14. The zero-order valence-corrected chi connectivity index (χ0v) is 9.79. The molecule has 0 aliphatic heterocycles. The van der Waals surface area contributed by atoms with Crippen molar-refractivity contribution in [3.8, 4) is 0 Å². The summed E-state index contributed by atoms with van der Waals surface area (Å²) in [6.45, 7) is 4.44. The average molecular weight is 203 g/mol. The first kappa shape index (κ1) is 10.7. The van der Waals surface area contributed by atoms with Crippen LogP contribution in [0.25, 0.3) is 0 Å². The third kappa shape index (κ3) is 2.40. The van der Waals surface area contributed by atoms with Gasteiger partial charge in [0.15, 0.2) is 0 Å². The van der Waals surface area contributed by atoms with Gasteiger partial charge in [-0.3, -0.25) is 0 Å². The summed E-state index contributed by atoms with van der Waals surface area (Å²) >= 11 is 0. The van der Waals surface area contributed by atoms with Gasteiger partial charge in [0.2, 0.25) is 0 Å². The van der Waals surface area contributed by atoms with E-state index in [1.54, 1.807) is 5.56 Å². The summed E-state index contributed by atoms with van der Waals surface area (Å²) in [7, 11) is 0. The molecule has 1 saturated carbocycles. The van der Waals surface area contributed by atoms with Crippen LogP contribution in [0.2, 0.25) is 0 Å². The Balaban J connectivity index is 2.10. The Kier molecular flexibility index (Phi) is 3.11. The second kappa shape index (κ2) is 4.36. The highest BCUT2D eigenvalue weighted by atomic mass is 14.6. The van der Waals surface area contributed by atoms with Crippen molar-refractivity contribution in [3.63, 3.8) is 0 Å². The molecule has 0 amide bonds. The van der Waals surface area contributed by atoms with Gasteiger partial charge >= 0.3 is 0 Å². The van der Waals surface area contributed by atoms with Gasteiger partial charge in [-0.2, -0.15) is 0 Å². The van der Waals surface area contributed by atoms with Crippen LogP contribution < -0.4 is 5.73 Å². The van der Waals surface area contributed by atoms with Gasteiger partial charge in [0, 0.05) is 6.04 Å². The van der Waals surface area contributed by atoms with Crippen LogP contribution in [-0.4, -0.2) is 6.04 Å². The molecular weight excluding hydrogens is 182 g/mol. The first-order valence-electron chi connectivity index (χ1n) is 5.97. The van der Waals surface area contributed by atoms with E-state index in [9.17, 15) is 0 Å². The summed E-state index contributed by atoms with van der Waals surface area (Å²) in [6, 6.07) is 7.04. The van der Waals surface area contributed by atoms with Crippen LogP contribution in [0.4, 0.5) is 0 Å². The van der Waals surface area contributed by atoms with Crippen LogP contribution in [-0.2, 0) is 6.42 Å². The molecule has 1 nitrogen and oxygen atoms in total. The van der Waals surface area contributed by atoms with Gasteiger partial charge in [0.25, 0.3) is 0 Å². The summed E-state index contributed by atoms with van der Waals surface area (Å²) in [6.07, 6.45) is 4.98. The van der Waals surface area contributed by atoms with E-state index in [0.717, 1.165) is 5.92 Å². The van der Waals surface area contributed by atoms with E-state index in [-0.39, 0.29) is 0 Å². The van der Waals surface area contributed by atoms with Crippen LogP contribution in [0.3, 0.4) is 0 Å². The van der Waals surface area contributed by atoms with Crippen molar-refractivity contribution in [2.75, 3.05) is 0 Å². The molecule has 2 atom stereocenters. The first-order chi connectivity index (χ1) is 7.16. The lowest BCUT2D eigenvalue weighted by atomic mass is 9.92. The Bertz CT molecular complexity index is 323. The molecule has 1 aliphatic rings. The Hall–Kier alpha value is -0.820. The minimum absolute atomic E-state index is 0.458. The topological polar surface area (TPSA) is 26.0 Å². The summed E-state index contributed by atoms with van der Waals surface area (Å²) in [5, 5.41) is 0. The lowest BCUT2D eigenvalue weighted by Crippen LogP contribution is -2.15. The standard InChI is InChI=1S/C14H21N/c1-10-4-3-5-11(2)14(10)9-12-6-7-13(15)8-12/h3-5,12-13H,6-9,15H2,1-2H3. The van der Waals surface area contributed by atoms with E-state index >= 15 is 0 Å². The predicted octanol–water partition coefficient (Wildman–Crippen LogP) is 2.97. The maximum atomic E-state index is 5.95. The van der Waals surface area contributed by atoms with Gasteiger partial charge in [-0.1, -0.05) is 18.2 Å². The third-order valence-electron chi connectivity index (χ3n) is 3.72. The number of hydrogen-bond donors (Lipinski definition) is 1. The molecule has 2 rings (SSSR count). The molecule has 1 aromatic carbocycles. The van der Waals surface area contributed by atoms with Crippen LogP contribution in [0.15, 0.2) is 18.2 Å². The van der Waals surface area contributed by atoms with E-state index in [2.05, 4.69) is 32.0 Å². The monoisotopic (exact) mass is 203 g/mol. The van der Waals surface area contributed by atoms with Crippen LogP contribution in [0, 0.1) is 19.8 Å². The van der Waals surface area contributed by atoms with Crippen molar-refractivity contribution in [3.05, 3.63) is 34.9 Å². The molecule has 1 heteroatoms. The molecule has 1 fully saturated rings. The van der Waals surface area contributed by atoms with Gasteiger partial charge in [-0.05, 0) is 62.1 Å². The average Bonchev–Trinajstić information content (AvgIpc) is 2.58. The number of rotatable bonds is 2. The van der Waals surface area contributed by atoms with Crippen molar-refractivity contribution >= 4 is 0 Å². The zero-order chi connectivity index (χ0) is 10.8. The highest BCUT2D eigenvalue weighted by molar-refractivity contribution is 5.33. The third-order valence-corrected chi connectivity index (χ3v) is 3.72. The van der Waals surface area contributed by atoms with Gasteiger partial charge in [0.05, 0.1) is 0 Å². The Labute approximate surface area is 92.7 Å². The zero-order valence-electron chi connectivity index (χ0n) is 9.79. The molecule has 1 aromatic rings. The molecule has 0 aromatic heterocycles. The van der Waals surface area contributed by atoms with E-state index in [4.69, 9.17) is 5.73 Å². The van der Waals surface area contributed by atoms with Crippen LogP contribution in [0.5, 0.6) is 0 Å². The predicted molar refractivity (Wildman–Crippen MR) is 64.9 cm³/mol. The number of hydrogen-bond acceptors (Lipinski definition) is 1. The molecule has 0 spiro atoms. The molecule has 2 N–H and O–H groups in total. The molecule has 0 radical (unpaired) electrons. The first-order valence-corrected chi connectivity index (χ1v) is 5.97. The molecule has 0 bridgehead atoms. The highest BCUT2D eigenvalue weighted by Gasteiger charge is 2.22. The molecule has 2 unspecified atom stereocenters. The van der Waals surface area contributed by atoms with Gasteiger partial charge in [0.1, 0.15) is 0 Å². The van der Waals surface area contributed by atoms with E-state index in [0.29, 0.717) is 6.04 Å². The van der Waals surface area contributed by atoms with Crippen LogP contribution >= 0.6 is 0 Å². The number of benzene rings is 1. The fourth-order valence-electron chi connectivity index (χ4n) is 2.76. The molecule has 0 saturated heterocycles. The number of nitrogens with two attached hydrogens (primary N) is 1. The SMILES string of the molecule is Cc1cccc(C)c1CC1CCC(N)C1. The highest BCUT2D eigenvalue weighted by Crippen LogP contribution is 2.29. The fraction of sp³-hybridized carbons (Fsp3) is 0.571. The van der Waals surface area contributed by atoms with Crippen molar-refractivity contribution < 1.29 is 0 Å². The van der Waals surface area contributed by atoms with Crippen LogP contribution in [0.1, 0.15) is 36.0 Å². The van der Waals surface area contributed by atoms with E-state index in [1.807, 2.05) is 0 Å². The van der Waals surface area contributed by atoms with Gasteiger partial charge in [-0.25, -0.2) is 0 Å². The minimum Gasteiger partial charge on any atom is -0.328 e. The second-order valence-electron chi connectivity index (χ2n) is 5.01. The van der Waals surface area contributed by atoms with Crippen molar-refractivity contribution in [1.29, 1.82) is 0 Å². The van der Waals surface area contributed by atoms with Crippen molar-refractivity contribution in [1.82, 2.24) is 0 Å². The normalized spacial score (nSPS) is 25.8. The molecule has 15 heavy (non-hydrogen) atoms. The van der Waals surface area contributed by atoms with E-state index < -0.39 is 0 Å². The fourth-order valence-corrected chi connectivity index (χ4v) is 2.76. The van der Waals surface area contributed by atoms with Gasteiger partial charge < -0.3 is 5.73 Å². The summed E-state index contributed by atoms with van der Waals surface area (Å²) < 4.78 is 0. The molecule has 0 heterocycles. The molecule has 82 valence electrons. The maximum absolute atomic E-state index is 5.95. The number of aryl methyl sites for hydroxylation is 2. The quantitative estimate of drug-likeness (QED) is 0.785. The second-order valence-corrected chi connectivity index (χ2v) is 5.01.